The molecule has 1 fully saturated rings. The van der Waals surface area contributed by atoms with Gasteiger partial charge in [0.15, 0.2) is 0 Å². The molecule has 1 heterocycles. The van der Waals surface area contributed by atoms with E-state index >= 15 is 0 Å². The van der Waals surface area contributed by atoms with Crippen LogP contribution in [0.4, 0.5) is 16.2 Å². The van der Waals surface area contributed by atoms with Crippen molar-refractivity contribution in [3.8, 4) is 0 Å². The molecule has 8 heteroatoms. The van der Waals surface area contributed by atoms with E-state index in [1.54, 1.807) is 29.2 Å². The molecule has 0 unspecified atom stereocenters. The molecule has 26 heavy (non-hydrogen) atoms. The molecular formula is C18H29N5O3. The third-order valence-electron chi connectivity index (χ3n) is 4.23. The lowest BCUT2D eigenvalue weighted by Gasteiger charge is -2.20. The van der Waals surface area contributed by atoms with Crippen LogP contribution >= 0.6 is 0 Å². The minimum Gasteiger partial charge on any atom is -0.390 e. The van der Waals surface area contributed by atoms with E-state index in [2.05, 4.69) is 34.7 Å². The first kappa shape index (κ1) is 20.2. The lowest BCUT2D eigenvalue weighted by Crippen LogP contribution is -2.45. The summed E-state index contributed by atoms with van der Waals surface area (Å²) in [5.41, 5.74) is 1.18. The smallest absolute Gasteiger partial charge is 0.319 e. The maximum Gasteiger partial charge on any atom is 0.319 e. The molecule has 0 radical (unpaired) electrons. The fourth-order valence-corrected chi connectivity index (χ4v) is 2.88. The van der Waals surface area contributed by atoms with Gasteiger partial charge in [0.05, 0.1) is 18.7 Å². The molecule has 0 spiro atoms. The highest BCUT2D eigenvalue weighted by Crippen LogP contribution is 2.16. The number of carbonyl (C=O) groups excluding carboxylic acids is 2. The molecule has 1 aromatic carbocycles. The van der Waals surface area contributed by atoms with Crippen molar-refractivity contribution < 1.29 is 14.7 Å². The normalized spacial score (nSPS) is 20.4. The van der Waals surface area contributed by atoms with Gasteiger partial charge in [-0.05, 0) is 46.1 Å². The summed E-state index contributed by atoms with van der Waals surface area (Å²) in [5.74, 6) is -0.126. The van der Waals surface area contributed by atoms with E-state index in [1.165, 1.54) is 0 Å². The monoisotopic (exact) mass is 363 g/mol. The molecule has 0 aromatic heterocycles. The highest BCUT2D eigenvalue weighted by molar-refractivity contribution is 5.94. The predicted octanol–water partition coefficient (Wildman–Crippen LogP) is 0.762. The van der Waals surface area contributed by atoms with E-state index in [0.29, 0.717) is 30.5 Å². The van der Waals surface area contributed by atoms with Gasteiger partial charge >= 0.3 is 6.03 Å². The van der Waals surface area contributed by atoms with Gasteiger partial charge in [0.1, 0.15) is 0 Å². The number of aliphatic hydroxyl groups is 1. The first-order valence-electron chi connectivity index (χ1n) is 8.79. The van der Waals surface area contributed by atoms with Crippen molar-refractivity contribution in [3.63, 3.8) is 0 Å². The Bertz CT molecular complexity index is 635. The molecule has 0 bridgehead atoms. The summed E-state index contributed by atoms with van der Waals surface area (Å²) in [6.45, 7) is 5.57. The van der Waals surface area contributed by atoms with E-state index in [1.807, 2.05) is 14.1 Å². The lowest BCUT2D eigenvalue weighted by molar-refractivity contribution is -0.116. The van der Waals surface area contributed by atoms with Gasteiger partial charge in [-0.15, -0.1) is 0 Å². The maximum absolute atomic E-state index is 12.2. The second kappa shape index (κ2) is 8.98. The number of β-amino-alcohol motifs (C(OH)–C–C–N with tert-alkyl or cyclic N) is 1. The number of carbonyl (C=O) groups is 2. The number of benzene rings is 1. The molecule has 144 valence electrons. The van der Waals surface area contributed by atoms with Crippen molar-refractivity contribution in [2.75, 3.05) is 44.4 Å². The van der Waals surface area contributed by atoms with Crippen LogP contribution in [0.1, 0.15) is 13.8 Å². The van der Waals surface area contributed by atoms with Crippen molar-refractivity contribution in [1.29, 1.82) is 0 Å². The lowest BCUT2D eigenvalue weighted by atomic mass is 10.2. The number of rotatable bonds is 6. The van der Waals surface area contributed by atoms with Gasteiger partial charge in [0.25, 0.3) is 0 Å². The number of nitrogens with zero attached hydrogens (tertiary/aromatic N) is 2. The van der Waals surface area contributed by atoms with Crippen molar-refractivity contribution in [1.82, 2.24) is 15.1 Å². The highest BCUT2D eigenvalue weighted by Gasteiger charge is 2.33. The first-order chi connectivity index (χ1) is 12.2. The van der Waals surface area contributed by atoms with Crippen LogP contribution in [-0.2, 0) is 4.79 Å². The fraction of sp³-hybridized carbons (Fsp3) is 0.556. The summed E-state index contributed by atoms with van der Waals surface area (Å²) in [6.07, 6.45) is -0.584. The molecule has 4 N–H and O–H groups in total. The van der Waals surface area contributed by atoms with Crippen LogP contribution in [0.25, 0.3) is 0 Å². The Morgan fingerprint density at radius 3 is 2.46 bits per heavy atom. The zero-order valence-electron chi connectivity index (χ0n) is 15.8. The topological polar surface area (TPSA) is 96.9 Å². The van der Waals surface area contributed by atoms with E-state index in [-0.39, 0.29) is 24.5 Å². The van der Waals surface area contributed by atoms with Crippen molar-refractivity contribution in [2.45, 2.75) is 32.0 Å². The third-order valence-corrected chi connectivity index (χ3v) is 4.23. The highest BCUT2D eigenvalue weighted by atomic mass is 16.3. The molecule has 1 saturated heterocycles. The number of nitrogens with one attached hydrogen (secondary N) is 3. The third kappa shape index (κ3) is 5.98. The molecule has 2 atom stereocenters. The molecular weight excluding hydrogens is 334 g/mol. The number of urea groups is 1. The van der Waals surface area contributed by atoms with Gasteiger partial charge in [0.2, 0.25) is 5.91 Å². The Hall–Kier alpha value is -2.16. The number of amides is 3. The molecule has 0 aliphatic carbocycles. The SMILES string of the molecule is CC(C)N1C[C@@H](O)[C@H](NC(=O)Nc2cccc(NC(=O)CN(C)C)c2)C1. The van der Waals surface area contributed by atoms with Crippen molar-refractivity contribution >= 4 is 23.3 Å². The zero-order valence-corrected chi connectivity index (χ0v) is 15.8. The van der Waals surface area contributed by atoms with Crippen LogP contribution in [0, 0.1) is 0 Å². The van der Waals surface area contributed by atoms with E-state index in [0.717, 1.165) is 0 Å². The van der Waals surface area contributed by atoms with Gasteiger partial charge in [0, 0.05) is 30.5 Å². The van der Waals surface area contributed by atoms with E-state index < -0.39 is 6.10 Å². The Kier molecular flexibility index (Phi) is 6.96. The number of likely N-dealkylation sites (tertiary alicyclic amines) is 1. The number of hydrogen-bond donors (Lipinski definition) is 4. The van der Waals surface area contributed by atoms with Gasteiger partial charge in [-0.2, -0.15) is 0 Å². The number of hydrogen-bond acceptors (Lipinski definition) is 5. The van der Waals surface area contributed by atoms with Crippen LogP contribution in [0.2, 0.25) is 0 Å². The molecule has 1 aliphatic rings. The standard InChI is InChI=1S/C18H29N5O3/c1-12(2)23-9-15(16(24)10-23)21-18(26)20-14-7-5-6-13(8-14)19-17(25)11-22(3)4/h5-8,12,15-16,24H,9-11H2,1-4H3,(H,19,25)(H2,20,21,26)/t15-,16-/m1/s1. The summed E-state index contributed by atoms with van der Waals surface area (Å²) < 4.78 is 0. The average Bonchev–Trinajstić information content (AvgIpc) is 2.87. The molecule has 1 aromatic rings. The number of anilines is 2. The van der Waals surface area contributed by atoms with Crippen LogP contribution < -0.4 is 16.0 Å². The molecule has 8 nitrogen and oxygen atoms in total. The molecule has 2 rings (SSSR count). The Morgan fingerprint density at radius 1 is 1.23 bits per heavy atom. The Balaban J connectivity index is 1.89. The second-order valence-electron chi connectivity index (χ2n) is 7.19. The minimum atomic E-state index is -0.584. The van der Waals surface area contributed by atoms with Crippen LogP contribution in [0.5, 0.6) is 0 Å². The largest absolute Gasteiger partial charge is 0.390 e. The average molecular weight is 363 g/mol. The summed E-state index contributed by atoms with van der Waals surface area (Å²) in [7, 11) is 3.64. The van der Waals surface area contributed by atoms with E-state index in [9.17, 15) is 14.7 Å². The van der Waals surface area contributed by atoms with Gasteiger partial charge < -0.3 is 26.0 Å². The zero-order chi connectivity index (χ0) is 19.3. The van der Waals surface area contributed by atoms with Gasteiger partial charge in [-0.1, -0.05) is 6.07 Å². The summed E-state index contributed by atoms with van der Waals surface area (Å²) in [5, 5.41) is 18.4. The quantitative estimate of drug-likeness (QED) is 0.598. The first-order valence-corrected chi connectivity index (χ1v) is 8.79. The maximum atomic E-state index is 12.2. The minimum absolute atomic E-state index is 0.126. The summed E-state index contributed by atoms with van der Waals surface area (Å²) in [6, 6.07) is 6.59. The van der Waals surface area contributed by atoms with Crippen LogP contribution in [0.3, 0.4) is 0 Å². The summed E-state index contributed by atoms with van der Waals surface area (Å²) in [4.78, 5) is 27.9. The fourth-order valence-electron chi connectivity index (χ4n) is 2.88. The molecule has 1 aliphatic heterocycles. The molecule has 0 saturated carbocycles. The van der Waals surface area contributed by atoms with E-state index in [4.69, 9.17) is 0 Å². The second-order valence-corrected chi connectivity index (χ2v) is 7.19. The number of aliphatic hydroxyl groups excluding tert-OH is 1. The van der Waals surface area contributed by atoms with Crippen molar-refractivity contribution in [3.05, 3.63) is 24.3 Å². The Morgan fingerprint density at radius 2 is 1.88 bits per heavy atom. The Labute approximate surface area is 154 Å². The van der Waals surface area contributed by atoms with Crippen molar-refractivity contribution in [2.24, 2.45) is 0 Å². The predicted molar refractivity (Wildman–Crippen MR) is 102 cm³/mol. The number of likely N-dealkylation sites (N-methyl/N-ethyl adjacent to an activating group) is 1. The summed E-state index contributed by atoms with van der Waals surface area (Å²) >= 11 is 0. The van der Waals surface area contributed by atoms with Crippen LogP contribution in [-0.4, -0.2) is 78.8 Å². The van der Waals surface area contributed by atoms with Gasteiger partial charge in [-0.25, -0.2) is 4.79 Å². The van der Waals surface area contributed by atoms with Gasteiger partial charge in [-0.3, -0.25) is 9.69 Å². The van der Waals surface area contributed by atoms with Crippen LogP contribution in [0.15, 0.2) is 24.3 Å². The molecule has 3 amide bonds.